The van der Waals surface area contributed by atoms with Crippen LogP contribution < -0.4 is 10.6 Å². The van der Waals surface area contributed by atoms with Crippen LogP contribution in [0, 0.1) is 6.92 Å². The quantitative estimate of drug-likeness (QED) is 0.716. The molecule has 0 fully saturated rings. The van der Waals surface area contributed by atoms with Crippen molar-refractivity contribution in [2.75, 3.05) is 11.9 Å². The number of carbonyl (C=O) groups excluding carboxylic acids is 1. The van der Waals surface area contributed by atoms with E-state index in [9.17, 15) is 18.0 Å². The summed E-state index contributed by atoms with van der Waals surface area (Å²) in [7, 11) is 0. The molecule has 0 aliphatic rings. The third-order valence-electron chi connectivity index (χ3n) is 3.17. The van der Waals surface area contributed by atoms with Gasteiger partial charge in [-0.25, -0.2) is 9.78 Å². The lowest BCUT2D eigenvalue weighted by Crippen LogP contribution is -2.32. The molecular weight excluding hydrogens is 407 g/mol. The van der Waals surface area contributed by atoms with Crippen LogP contribution in [-0.2, 0) is 6.18 Å². The van der Waals surface area contributed by atoms with E-state index >= 15 is 0 Å². The van der Waals surface area contributed by atoms with Crippen LogP contribution in [0.2, 0.25) is 0 Å². The highest BCUT2D eigenvalue weighted by atomic mass is 79.9. The number of amides is 2. The molecule has 1 heterocycles. The van der Waals surface area contributed by atoms with Crippen LogP contribution in [-0.4, -0.2) is 17.6 Å². The van der Waals surface area contributed by atoms with E-state index in [1.807, 2.05) is 19.2 Å². The molecule has 9 heteroatoms. The molecule has 130 valence electrons. The van der Waals surface area contributed by atoms with Crippen molar-refractivity contribution in [3.8, 4) is 0 Å². The van der Waals surface area contributed by atoms with Crippen molar-refractivity contribution in [1.29, 1.82) is 0 Å². The topological polar surface area (TPSA) is 54.0 Å². The molecule has 2 amide bonds. The van der Waals surface area contributed by atoms with Gasteiger partial charge in [0.2, 0.25) is 0 Å². The number of thiazole rings is 1. The first-order valence-corrected chi connectivity index (χ1v) is 8.67. The maximum Gasteiger partial charge on any atom is 0.416 e. The normalized spacial score (nSPS) is 12.8. The second-order valence-corrected chi connectivity index (χ2v) is 7.00. The summed E-state index contributed by atoms with van der Waals surface area (Å²) < 4.78 is 38.6. The first kappa shape index (κ1) is 18.7. The van der Waals surface area contributed by atoms with Crippen LogP contribution >= 0.6 is 27.3 Å². The zero-order chi connectivity index (χ0) is 17.9. The van der Waals surface area contributed by atoms with Gasteiger partial charge in [0.05, 0.1) is 16.3 Å². The number of anilines is 1. The van der Waals surface area contributed by atoms with Gasteiger partial charge in [-0.2, -0.15) is 13.2 Å². The number of nitrogens with one attached hydrogen (secondary N) is 2. The lowest BCUT2D eigenvalue weighted by molar-refractivity contribution is -0.137. The van der Waals surface area contributed by atoms with Crippen molar-refractivity contribution in [3.05, 3.63) is 44.3 Å². The Morgan fingerprint density at radius 3 is 2.71 bits per heavy atom. The minimum absolute atomic E-state index is 0.0133. The average molecular weight is 422 g/mol. The molecule has 0 saturated carbocycles. The summed E-state index contributed by atoms with van der Waals surface area (Å²) in [5, 5.41) is 7.88. The van der Waals surface area contributed by atoms with Crippen LogP contribution in [0.15, 0.2) is 28.1 Å². The molecule has 0 spiro atoms. The van der Waals surface area contributed by atoms with Crippen LogP contribution in [0.25, 0.3) is 0 Å². The number of rotatable bonds is 4. The molecule has 24 heavy (non-hydrogen) atoms. The van der Waals surface area contributed by atoms with Gasteiger partial charge < -0.3 is 10.6 Å². The summed E-state index contributed by atoms with van der Waals surface area (Å²) in [6, 6.07) is 2.51. The molecule has 0 unspecified atom stereocenters. The Morgan fingerprint density at radius 2 is 2.12 bits per heavy atom. The number of nitrogens with zero attached hydrogens (tertiary/aromatic N) is 1. The van der Waals surface area contributed by atoms with Crippen molar-refractivity contribution < 1.29 is 18.0 Å². The van der Waals surface area contributed by atoms with Gasteiger partial charge in [-0.05, 0) is 41.1 Å². The molecule has 0 aliphatic carbocycles. The molecule has 2 N–H and O–H groups in total. The van der Waals surface area contributed by atoms with Gasteiger partial charge in [0.1, 0.15) is 0 Å². The molecule has 0 bridgehead atoms. The van der Waals surface area contributed by atoms with Crippen LogP contribution in [0.5, 0.6) is 0 Å². The second-order valence-electron chi connectivity index (χ2n) is 5.26. The molecule has 2 aromatic rings. The first-order valence-electron chi connectivity index (χ1n) is 7.00. The Morgan fingerprint density at radius 1 is 1.42 bits per heavy atom. The Labute approximate surface area is 149 Å². The molecule has 1 aromatic heterocycles. The Balaban J connectivity index is 1.97. The molecule has 2 rings (SSSR count). The van der Waals surface area contributed by atoms with Crippen LogP contribution in [0.4, 0.5) is 23.7 Å². The summed E-state index contributed by atoms with van der Waals surface area (Å²) in [6.45, 7) is 4.13. The van der Waals surface area contributed by atoms with E-state index in [0.29, 0.717) is 11.0 Å². The van der Waals surface area contributed by atoms with Gasteiger partial charge in [-0.3, -0.25) is 0 Å². The van der Waals surface area contributed by atoms with Crippen molar-refractivity contribution in [2.24, 2.45) is 0 Å². The third-order valence-corrected chi connectivity index (χ3v) is 5.05. The summed E-state index contributed by atoms with van der Waals surface area (Å²) in [5.74, 6) is 0.0133. The maximum atomic E-state index is 12.7. The number of hydrogen-bond acceptors (Lipinski definition) is 3. The number of benzene rings is 1. The predicted octanol–water partition coefficient (Wildman–Crippen LogP) is 5.16. The highest BCUT2D eigenvalue weighted by molar-refractivity contribution is 9.10. The SMILES string of the molecule is Cc1csc([C@@H](C)CNC(=O)Nc2cc(C(F)(F)F)ccc2Br)n1. The van der Waals surface area contributed by atoms with E-state index in [4.69, 9.17) is 0 Å². The number of carbonyl (C=O) groups is 1. The van der Waals surface area contributed by atoms with Gasteiger partial charge in [-0.15, -0.1) is 11.3 Å². The number of aromatic nitrogens is 1. The monoisotopic (exact) mass is 421 g/mol. The largest absolute Gasteiger partial charge is 0.416 e. The standard InChI is InChI=1S/C15H15BrF3N3OS/c1-8(13-21-9(2)7-24-13)6-20-14(23)22-12-5-10(15(17,18)19)3-4-11(12)16/h3-5,7-8H,6H2,1-2H3,(H2,20,22,23)/t8-/m0/s1. The van der Waals surface area contributed by atoms with Crippen molar-refractivity contribution >= 4 is 39.0 Å². The van der Waals surface area contributed by atoms with E-state index in [0.717, 1.165) is 22.8 Å². The van der Waals surface area contributed by atoms with Gasteiger partial charge in [0, 0.05) is 28.0 Å². The Kier molecular flexibility index (Phi) is 5.87. The van der Waals surface area contributed by atoms with E-state index in [2.05, 4.69) is 31.5 Å². The molecule has 0 aliphatic heterocycles. The van der Waals surface area contributed by atoms with E-state index in [1.54, 1.807) is 0 Å². The predicted molar refractivity (Wildman–Crippen MR) is 91.4 cm³/mol. The number of alkyl halides is 3. The zero-order valence-electron chi connectivity index (χ0n) is 12.9. The lowest BCUT2D eigenvalue weighted by atomic mass is 10.2. The highest BCUT2D eigenvalue weighted by Gasteiger charge is 2.31. The number of halogens is 4. The van der Waals surface area contributed by atoms with Crippen LogP contribution in [0.1, 0.15) is 29.1 Å². The number of hydrogen-bond donors (Lipinski definition) is 2. The van der Waals surface area contributed by atoms with E-state index in [-0.39, 0.29) is 11.6 Å². The highest BCUT2D eigenvalue weighted by Crippen LogP contribution is 2.33. The fourth-order valence-electron chi connectivity index (χ4n) is 1.90. The fourth-order valence-corrected chi connectivity index (χ4v) is 3.10. The molecule has 1 aromatic carbocycles. The van der Waals surface area contributed by atoms with Crippen molar-refractivity contribution in [1.82, 2.24) is 10.3 Å². The number of urea groups is 1. The van der Waals surface area contributed by atoms with Crippen molar-refractivity contribution in [3.63, 3.8) is 0 Å². The molecule has 4 nitrogen and oxygen atoms in total. The Hall–Kier alpha value is -1.61. The molecular formula is C15H15BrF3N3OS. The summed E-state index contributed by atoms with van der Waals surface area (Å²) >= 11 is 4.63. The van der Waals surface area contributed by atoms with Gasteiger partial charge >= 0.3 is 12.2 Å². The van der Waals surface area contributed by atoms with E-state index in [1.165, 1.54) is 17.4 Å². The minimum atomic E-state index is -4.47. The molecule has 0 saturated heterocycles. The average Bonchev–Trinajstić information content (AvgIpc) is 2.92. The molecule has 0 radical (unpaired) electrons. The minimum Gasteiger partial charge on any atom is -0.337 e. The van der Waals surface area contributed by atoms with Crippen molar-refractivity contribution in [2.45, 2.75) is 25.9 Å². The second kappa shape index (κ2) is 7.52. The summed E-state index contributed by atoms with van der Waals surface area (Å²) in [6.07, 6.45) is -4.47. The van der Waals surface area contributed by atoms with Gasteiger partial charge in [0.15, 0.2) is 0 Å². The molecule has 1 atom stereocenters. The zero-order valence-corrected chi connectivity index (χ0v) is 15.3. The summed E-state index contributed by atoms with van der Waals surface area (Å²) in [5.41, 5.74) is 0.145. The number of aryl methyl sites for hydroxylation is 1. The first-order chi connectivity index (χ1) is 11.2. The lowest BCUT2D eigenvalue weighted by Gasteiger charge is -2.14. The fraction of sp³-hybridized carbons (Fsp3) is 0.333. The van der Waals surface area contributed by atoms with Gasteiger partial charge in [0.25, 0.3) is 0 Å². The van der Waals surface area contributed by atoms with E-state index < -0.39 is 17.8 Å². The Bertz CT molecular complexity index is 733. The van der Waals surface area contributed by atoms with Crippen LogP contribution in [0.3, 0.4) is 0 Å². The summed E-state index contributed by atoms with van der Waals surface area (Å²) in [4.78, 5) is 16.3. The maximum absolute atomic E-state index is 12.7. The third kappa shape index (κ3) is 4.94. The smallest absolute Gasteiger partial charge is 0.337 e. The van der Waals surface area contributed by atoms with Gasteiger partial charge in [-0.1, -0.05) is 6.92 Å².